The normalized spacial score (nSPS) is 11.8. The summed E-state index contributed by atoms with van der Waals surface area (Å²) >= 11 is 0. The van der Waals surface area contributed by atoms with E-state index in [4.69, 9.17) is 0 Å². The first kappa shape index (κ1) is 23.0. The van der Waals surface area contributed by atoms with Crippen LogP contribution in [-0.2, 0) is 10.0 Å². The molecule has 2 aromatic carbocycles. The fraction of sp³-hybridized carbons (Fsp3) is 0.0952. The third-order valence-electron chi connectivity index (χ3n) is 4.50. The Kier molecular flexibility index (Phi) is 6.11. The van der Waals surface area contributed by atoms with Gasteiger partial charge in [-0.1, -0.05) is 12.1 Å². The molecule has 0 saturated heterocycles. The molecule has 0 unspecified atom stereocenters. The highest BCUT2D eigenvalue weighted by molar-refractivity contribution is 7.92. The van der Waals surface area contributed by atoms with Gasteiger partial charge in [0.15, 0.2) is 0 Å². The van der Waals surface area contributed by atoms with Crippen molar-refractivity contribution in [3.63, 3.8) is 0 Å². The Bertz CT molecular complexity index is 1410. The highest BCUT2D eigenvalue weighted by Gasteiger charge is 2.34. The van der Waals surface area contributed by atoms with Gasteiger partial charge >= 0.3 is 6.36 Å². The van der Waals surface area contributed by atoms with E-state index < -0.39 is 27.0 Å². The Morgan fingerprint density at radius 3 is 2.35 bits per heavy atom. The lowest BCUT2D eigenvalue weighted by atomic mass is 10.3. The lowest BCUT2D eigenvalue weighted by Crippen LogP contribution is -2.20. The average molecular weight is 490 g/mol. The highest BCUT2D eigenvalue weighted by Crippen LogP contribution is 2.30. The standard InChI is InChI=1S/C21H17F3N6O3S/c1-14-25-10-11-30(14)20-12-19(26-13-27-20)28-15-6-8-16(9-7-15)29-34(31,32)18-5-3-2-4-17(18)33-21(22,23)24/h2-13,29H,1H3,(H,26,27,28). The molecule has 2 N–H and O–H groups in total. The van der Waals surface area contributed by atoms with Crippen LogP contribution in [0.2, 0.25) is 0 Å². The summed E-state index contributed by atoms with van der Waals surface area (Å²) in [6, 6.07) is 12.3. The van der Waals surface area contributed by atoms with E-state index in [1.807, 2.05) is 6.92 Å². The van der Waals surface area contributed by atoms with Crippen LogP contribution in [0.25, 0.3) is 5.82 Å². The summed E-state index contributed by atoms with van der Waals surface area (Å²) in [6.45, 7) is 1.84. The molecule has 0 atom stereocenters. The number of ether oxygens (including phenoxy) is 1. The lowest BCUT2D eigenvalue weighted by molar-refractivity contribution is -0.275. The van der Waals surface area contributed by atoms with Crippen LogP contribution >= 0.6 is 0 Å². The fourth-order valence-corrected chi connectivity index (χ4v) is 4.22. The third kappa shape index (κ3) is 5.43. The van der Waals surface area contributed by atoms with Crippen molar-refractivity contribution in [2.45, 2.75) is 18.2 Å². The number of aromatic nitrogens is 4. The van der Waals surface area contributed by atoms with Gasteiger partial charge in [-0.3, -0.25) is 9.29 Å². The number of nitrogens with zero attached hydrogens (tertiary/aromatic N) is 4. The first-order valence-corrected chi connectivity index (χ1v) is 11.2. The molecule has 34 heavy (non-hydrogen) atoms. The number of alkyl halides is 3. The zero-order valence-corrected chi connectivity index (χ0v) is 18.3. The predicted octanol–water partition coefficient (Wildman–Crippen LogP) is 4.41. The molecule has 4 rings (SSSR count). The van der Waals surface area contributed by atoms with Crippen molar-refractivity contribution in [3.8, 4) is 11.6 Å². The number of nitrogens with one attached hydrogen (secondary N) is 2. The molecule has 176 valence electrons. The molecular weight excluding hydrogens is 473 g/mol. The first-order valence-electron chi connectivity index (χ1n) is 9.68. The highest BCUT2D eigenvalue weighted by atomic mass is 32.2. The Balaban J connectivity index is 1.49. The Labute approximate surface area is 192 Å². The molecule has 0 fully saturated rings. The van der Waals surface area contributed by atoms with Crippen LogP contribution in [-0.4, -0.2) is 34.3 Å². The number of anilines is 3. The second-order valence-electron chi connectivity index (χ2n) is 6.91. The van der Waals surface area contributed by atoms with Gasteiger partial charge in [0.25, 0.3) is 10.0 Å². The van der Waals surface area contributed by atoms with Gasteiger partial charge in [-0.05, 0) is 43.3 Å². The summed E-state index contributed by atoms with van der Waals surface area (Å²) in [5.74, 6) is 1.03. The van der Waals surface area contributed by atoms with Gasteiger partial charge in [0, 0.05) is 29.8 Å². The van der Waals surface area contributed by atoms with E-state index in [0.29, 0.717) is 17.3 Å². The number of hydrogen-bond acceptors (Lipinski definition) is 7. The molecule has 2 heterocycles. The molecule has 13 heteroatoms. The minimum Gasteiger partial charge on any atom is -0.404 e. The van der Waals surface area contributed by atoms with Gasteiger partial charge in [-0.15, -0.1) is 13.2 Å². The second-order valence-corrected chi connectivity index (χ2v) is 8.56. The number of halogens is 3. The van der Waals surface area contributed by atoms with Crippen molar-refractivity contribution < 1.29 is 26.3 Å². The van der Waals surface area contributed by atoms with Crippen LogP contribution in [0.1, 0.15) is 5.82 Å². The molecular formula is C21H17F3N6O3S. The van der Waals surface area contributed by atoms with Gasteiger partial charge < -0.3 is 10.1 Å². The molecule has 0 bridgehead atoms. The first-order chi connectivity index (χ1) is 16.1. The second kappa shape index (κ2) is 9.02. The molecule has 0 aliphatic carbocycles. The molecule has 0 aliphatic rings. The molecule has 4 aromatic rings. The molecule has 0 aliphatic heterocycles. The number of aryl methyl sites for hydroxylation is 1. The van der Waals surface area contributed by atoms with E-state index in [0.717, 1.165) is 18.0 Å². The smallest absolute Gasteiger partial charge is 0.404 e. The van der Waals surface area contributed by atoms with Crippen molar-refractivity contribution in [2.24, 2.45) is 0 Å². The van der Waals surface area contributed by atoms with Crippen LogP contribution in [0, 0.1) is 6.92 Å². The number of sulfonamides is 1. The number of hydrogen-bond donors (Lipinski definition) is 2. The maximum absolute atomic E-state index is 12.7. The van der Waals surface area contributed by atoms with Gasteiger partial charge in [0.2, 0.25) is 0 Å². The van der Waals surface area contributed by atoms with Crippen LogP contribution in [0.3, 0.4) is 0 Å². The zero-order valence-electron chi connectivity index (χ0n) is 17.5. The summed E-state index contributed by atoms with van der Waals surface area (Å²) in [5, 5.41) is 3.08. The van der Waals surface area contributed by atoms with Crippen LogP contribution < -0.4 is 14.8 Å². The zero-order chi connectivity index (χ0) is 24.3. The van der Waals surface area contributed by atoms with E-state index in [1.165, 1.54) is 30.6 Å². The number of para-hydroxylation sites is 1. The summed E-state index contributed by atoms with van der Waals surface area (Å²) in [5.41, 5.74) is 0.737. The maximum atomic E-state index is 12.7. The largest absolute Gasteiger partial charge is 0.573 e. The van der Waals surface area contributed by atoms with Crippen molar-refractivity contribution in [1.29, 1.82) is 0 Å². The molecule has 9 nitrogen and oxygen atoms in total. The Morgan fingerprint density at radius 2 is 1.68 bits per heavy atom. The molecule has 2 aromatic heterocycles. The van der Waals surface area contributed by atoms with Crippen LogP contribution in [0.4, 0.5) is 30.4 Å². The minimum atomic E-state index is -5.03. The Hall–Kier alpha value is -4.13. The summed E-state index contributed by atoms with van der Waals surface area (Å²) < 4.78 is 71.1. The van der Waals surface area contributed by atoms with Gasteiger partial charge in [-0.2, -0.15) is 0 Å². The average Bonchev–Trinajstić information content (AvgIpc) is 3.20. The minimum absolute atomic E-state index is 0.143. The fourth-order valence-electron chi connectivity index (χ4n) is 3.03. The maximum Gasteiger partial charge on any atom is 0.573 e. The molecule has 0 amide bonds. The van der Waals surface area contributed by atoms with Crippen molar-refractivity contribution in [3.05, 3.63) is 79.1 Å². The monoisotopic (exact) mass is 490 g/mol. The molecule has 0 spiro atoms. The van der Waals surface area contributed by atoms with Gasteiger partial charge in [0.05, 0.1) is 0 Å². The van der Waals surface area contributed by atoms with E-state index >= 15 is 0 Å². The number of rotatable bonds is 7. The van der Waals surface area contributed by atoms with Gasteiger partial charge in [0.1, 0.15) is 34.4 Å². The van der Waals surface area contributed by atoms with Crippen LogP contribution in [0.15, 0.2) is 78.2 Å². The summed E-state index contributed by atoms with van der Waals surface area (Å²) in [4.78, 5) is 11.9. The summed E-state index contributed by atoms with van der Waals surface area (Å²) in [7, 11) is -4.35. The third-order valence-corrected chi connectivity index (χ3v) is 5.92. The topological polar surface area (TPSA) is 111 Å². The van der Waals surface area contributed by atoms with Gasteiger partial charge in [-0.25, -0.2) is 23.4 Å². The molecule has 0 saturated carbocycles. The Morgan fingerprint density at radius 1 is 0.971 bits per heavy atom. The SMILES string of the molecule is Cc1nccn1-c1cc(Nc2ccc(NS(=O)(=O)c3ccccc3OC(F)(F)F)cc2)ncn1. The molecule has 0 radical (unpaired) electrons. The van der Waals surface area contributed by atoms with Crippen LogP contribution in [0.5, 0.6) is 5.75 Å². The van der Waals surface area contributed by atoms with Crippen molar-refractivity contribution in [2.75, 3.05) is 10.0 Å². The number of imidazole rings is 1. The quantitative estimate of drug-likeness (QED) is 0.395. The predicted molar refractivity (Wildman–Crippen MR) is 118 cm³/mol. The van der Waals surface area contributed by atoms with E-state index in [1.54, 1.807) is 35.2 Å². The van der Waals surface area contributed by atoms with E-state index in [-0.39, 0.29) is 5.69 Å². The lowest BCUT2D eigenvalue weighted by Gasteiger charge is -2.14. The van der Waals surface area contributed by atoms with E-state index in [9.17, 15) is 21.6 Å². The van der Waals surface area contributed by atoms with Crippen molar-refractivity contribution >= 4 is 27.2 Å². The number of benzene rings is 2. The summed E-state index contributed by atoms with van der Waals surface area (Å²) in [6.07, 6.45) is -0.228. The van der Waals surface area contributed by atoms with E-state index in [2.05, 4.69) is 29.7 Å². The van der Waals surface area contributed by atoms with Crippen molar-refractivity contribution in [1.82, 2.24) is 19.5 Å².